The van der Waals surface area contributed by atoms with Crippen molar-refractivity contribution in [1.82, 2.24) is 10.3 Å². The number of amides is 1. The van der Waals surface area contributed by atoms with Crippen LogP contribution in [0.5, 0.6) is 0 Å². The van der Waals surface area contributed by atoms with Crippen molar-refractivity contribution >= 4 is 22.4 Å². The number of rotatable bonds is 5. The van der Waals surface area contributed by atoms with Gasteiger partial charge in [0.2, 0.25) is 0 Å². The molecule has 84 valence electrons. The smallest absolute Gasteiger partial charge is 0.263 e. The molecule has 1 aromatic rings. The first-order valence-electron chi connectivity index (χ1n) is 5.16. The van der Waals surface area contributed by atoms with Crippen molar-refractivity contribution in [3.63, 3.8) is 0 Å². The Bertz CT molecular complexity index is 335. The van der Waals surface area contributed by atoms with E-state index in [0.29, 0.717) is 15.7 Å². The summed E-state index contributed by atoms with van der Waals surface area (Å²) in [5.41, 5.74) is 6.23. The van der Waals surface area contributed by atoms with Crippen LogP contribution in [-0.4, -0.2) is 17.4 Å². The third-order valence-corrected chi connectivity index (χ3v) is 3.07. The first-order chi connectivity index (χ1) is 7.15. The molecule has 0 saturated heterocycles. The highest BCUT2D eigenvalue weighted by molar-refractivity contribution is 7.17. The van der Waals surface area contributed by atoms with Crippen molar-refractivity contribution in [1.29, 1.82) is 0 Å². The van der Waals surface area contributed by atoms with Crippen LogP contribution in [-0.2, 0) is 0 Å². The Morgan fingerprint density at radius 3 is 2.80 bits per heavy atom. The summed E-state index contributed by atoms with van der Waals surface area (Å²) in [7, 11) is 0. The molecule has 4 nitrogen and oxygen atoms in total. The second kappa shape index (κ2) is 5.70. The van der Waals surface area contributed by atoms with E-state index in [-0.39, 0.29) is 5.91 Å². The third kappa shape index (κ3) is 3.51. The fraction of sp³-hybridized carbons (Fsp3) is 0.600. The first kappa shape index (κ1) is 12.0. The van der Waals surface area contributed by atoms with E-state index in [0.717, 1.165) is 25.8 Å². The number of aryl methyl sites for hydroxylation is 1. The lowest BCUT2D eigenvalue weighted by Crippen LogP contribution is -2.24. The number of anilines is 1. The topological polar surface area (TPSA) is 68.0 Å². The molecule has 0 aliphatic carbocycles. The van der Waals surface area contributed by atoms with Gasteiger partial charge in [-0.2, -0.15) is 0 Å². The Kier molecular flexibility index (Phi) is 4.55. The molecule has 5 heteroatoms. The number of carbonyl (C=O) groups is 1. The fourth-order valence-electron chi connectivity index (χ4n) is 1.29. The molecule has 0 saturated carbocycles. The number of carbonyl (C=O) groups excluding carboxylic acids is 1. The summed E-state index contributed by atoms with van der Waals surface area (Å²) in [6.07, 6.45) is 3.32. The number of unbranched alkanes of at least 4 members (excludes halogenated alkanes) is 2. The van der Waals surface area contributed by atoms with Crippen molar-refractivity contribution in [3.8, 4) is 0 Å². The number of aromatic nitrogens is 1. The van der Waals surface area contributed by atoms with Crippen molar-refractivity contribution < 1.29 is 4.79 Å². The van der Waals surface area contributed by atoms with Crippen LogP contribution in [0.25, 0.3) is 0 Å². The van der Waals surface area contributed by atoms with E-state index in [1.165, 1.54) is 11.3 Å². The zero-order chi connectivity index (χ0) is 11.3. The summed E-state index contributed by atoms with van der Waals surface area (Å²) in [5, 5.41) is 3.31. The van der Waals surface area contributed by atoms with Crippen LogP contribution in [0, 0.1) is 6.92 Å². The van der Waals surface area contributed by atoms with Gasteiger partial charge in [-0.15, -0.1) is 0 Å². The van der Waals surface area contributed by atoms with Gasteiger partial charge in [-0.3, -0.25) is 4.79 Å². The maximum atomic E-state index is 11.6. The Morgan fingerprint density at radius 1 is 1.53 bits per heavy atom. The fourth-order valence-corrected chi connectivity index (χ4v) is 2.04. The van der Waals surface area contributed by atoms with Crippen LogP contribution in [0.2, 0.25) is 0 Å². The number of hydrogen-bond acceptors (Lipinski definition) is 4. The van der Waals surface area contributed by atoms with Crippen molar-refractivity contribution in [2.45, 2.75) is 33.1 Å². The molecule has 0 bridgehead atoms. The average molecular weight is 227 g/mol. The Balaban J connectivity index is 2.43. The molecule has 0 fully saturated rings. The summed E-state index contributed by atoms with van der Waals surface area (Å²) in [5.74, 6) is -0.0576. The van der Waals surface area contributed by atoms with Gasteiger partial charge in [0.1, 0.15) is 4.88 Å². The molecule has 0 aliphatic rings. The standard InChI is InChI=1S/C10H17N3OS/c1-3-4-5-6-12-9(14)8-7(2)13-10(11)15-8/h3-6H2,1-2H3,(H2,11,13)(H,12,14). The van der Waals surface area contributed by atoms with Gasteiger partial charge >= 0.3 is 0 Å². The van der Waals surface area contributed by atoms with Crippen molar-refractivity contribution in [3.05, 3.63) is 10.6 Å². The Morgan fingerprint density at radius 2 is 2.27 bits per heavy atom. The normalized spacial score (nSPS) is 10.3. The number of nitrogens with two attached hydrogens (primary N) is 1. The van der Waals surface area contributed by atoms with E-state index >= 15 is 0 Å². The van der Waals surface area contributed by atoms with Crippen LogP contribution in [0.3, 0.4) is 0 Å². The van der Waals surface area contributed by atoms with E-state index in [4.69, 9.17) is 5.73 Å². The minimum absolute atomic E-state index is 0.0576. The lowest BCUT2D eigenvalue weighted by Gasteiger charge is -2.02. The van der Waals surface area contributed by atoms with Crippen LogP contribution < -0.4 is 11.1 Å². The predicted octanol–water partition coefficient (Wildman–Crippen LogP) is 1.95. The molecule has 0 aliphatic heterocycles. The van der Waals surface area contributed by atoms with E-state index in [1.807, 2.05) is 0 Å². The second-order valence-electron chi connectivity index (χ2n) is 3.43. The highest BCUT2D eigenvalue weighted by atomic mass is 32.1. The minimum atomic E-state index is -0.0576. The molecule has 1 amide bonds. The molecular formula is C10H17N3OS. The summed E-state index contributed by atoms with van der Waals surface area (Å²) in [6, 6.07) is 0. The molecule has 1 heterocycles. The zero-order valence-corrected chi connectivity index (χ0v) is 9.99. The van der Waals surface area contributed by atoms with E-state index in [2.05, 4.69) is 17.2 Å². The van der Waals surface area contributed by atoms with Gasteiger partial charge in [0.05, 0.1) is 5.69 Å². The van der Waals surface area contributed by atoms with Gasteiger partial charge in [0, 0.05) is 6.54 Å². The molecule has 1 aromatic heterocycles. The van der Waals surface area contributed by atoms with Gasteiger partial charge in [-0.1, -0.05) is 31.1 Å². The monoisotopic (exact) mass is 227 g/mol. The molecule has 0 radical (unpaired) electrons. The highest BCUT2D eigenvalue weighted by Gasteiger charge is 2.12. The van der Waals surface area contributed by atoms with Gasteiger partial charge in [-0.05, 0) is 13.3 Å². The molecular weight excluding hydrogens is 210 g/mol. The summed E-state index contributed by atoms with van der Waals surface area (Å²) < 4.78 is 0. The summed E-state index contributed by atoms with van der Waals surface area (Å²) in [6.45, 7) is 4.66. The van der Waals surface area contributed by atoms with Crippen LogP contribution in [0.4, 0.5) is 5.13 Å². The van der Waals surface area contributed by atoms with Crippen LogP contribution in [0.1, 0.15) is 41.6 Å². The third-order valence-electron chi connectivity index (χ3n) is 2.09. The van der Waals surface area contributed by atoms with E-state index in [9.17, 15) is 4.79 Å². The lowest BCUT2D eigenvalue weighted by molar-refractivity contribution is 0.0956. The SMILES string of the molecule is CCCCCNC(=O)c1sc(N)nc1C. The number of hydrogen-bond donors (Lipinski definition) is 2. The second-order valence-corrected chi connectivity index (χ2v) is 4.46. The molecule has 1 rings (SSSR count). The number of nitrogen functional groups attached to an aromatic ring is 1. The quantitative estimate of drug-likeness (QED) is 0.755. The van der Waals surface area contributed by atoms with Crippen LogP contribution >= 0.6 is 11.3 Å². The Labute approximate surface area is 93.9 Å². The predicted molar refractivity (Wildman–Crippen MR) is 63.1 cm³/mol. The van der Waals surface area contributed by atoms with Gasteiger partial charge < -0.3 is 11.1 Å². The number of thiazole rings is 1. The maximum absolute atomic E-state index is 11.6. The zero-order valence-electron chi connectivity index (χ0n) is 9.17. The van der Waals surface area contributed by atoms with Gasteiger partial charge in [-0.25, -0.2) is 4.98 Å². The van der Waals surface area contributed by atoms with Gasteiger partial charge in [0.15, 0.2) is 5.13 Å². The minimum Gasteiger partial charge on any atom is -0.375 e. The molecule has 15 heavy (non-hydrogen) atoms. The molecule has 0 spiro atoms. The average Bonchev–Trinajstić information content (AvgIpc) is 2.52. The summed E-state index contributed by atoms with van der Waals surface area (Å²) in [4.78, 5) is 16.3. The van der Waals surface area contributed by atoms with Crippen molar-refractivity contribution in [2.24, 2.45) is 0 Å². The molecule has 0 aromatic carbocycles. The summed E-state index contributed by atoms with van der Waals surface area (Å²) >= 11 is 1.24. The van der Waals surface area contributed by atoms with Crippen LogP contribution in [0.15, 0.2) is 0 Å². The molecule has 3 N–H and O–H groups in total. The maximum Gasteiger partial charge on any atom is 0.263 e. The number of nitrogens with zero attached hydrogens (tertiary/aromatic N) is 1. The first-order valence-corrected chi connectivity index (χ1v) is 5.98. The van der Waals surface area contributed by atoms with E-state index in [1.54, 1.807) is 6.92 Å². The molecule has 0 atom stereocenters. The Hall–Kier alpha value is -1.10. The molecule has 0 unspecified atom stereocenters. The van der Waals surface area contributed by atoms with Crippen molar-refractivity contribution in [2.75, 3.05) is 12.3 Å². The largest absolute Gasteiger partial charge is 0.375 e. The highest BCUT2D eigenvalue weighted by Crippen LogP contribution is 2.19. The van der Waals surface area contributed by atoms with E-state index < -0.39 is 0 Å². The van der Waals surface area contributed by atoms with Gasteiger partial charge in [0.25, 0.3) is 5.91 Å². The lowest BCUT2D eigenvalue weighted by atomic mass is 10.2. The number of nitrogens with one attached hydrogen (secondary N) is 1.